The molecule has 16 heavy (non-hydrogen) atoms. The number of rotatable bonds is 4. The highest BCUT2D eigenvalue weighted by Crippen LogP contribution is 2.22. The van der Waals surface area contributed by atoms with Crippen LogP contribution in [0.2, 0.25) is 0 Å². The predicted molar refractivity (Wildman–Crippen MR) is 59.0 cm³/mol. The normalized spacial score (nSPS) is 18.8. The van der Waals surface area contributed by atoms with Crippen LogP contribution in [0, 0.1) is 0 Å². The molecule has 1 aliphatic carbocycles. The van der Waals surface area contributed by atoms with Crippen LogP contribution in [-0.2, 0) is 11.8 Å². The van der Waals surface area contributed by atoms with E-state index in [-0.39, 0.29) is 0 Å². The van der Waals surface area contributed by atoms with Gasteiger partial charge >= 0.3 is 5.97 Å². The van der Waals surface area contributed by atoms with Crippen LogP contribution in [0.25, 0.3) is 0 Å². The molecule has 0 amide bonds. The first-order valence-electron chi connectivity index (χ1n) is 5.64. The molecule has 1 fully saturated rings. The second-order valence-electron chi connectivity index (χ2n) is 4.37. The van der Waals surface area contributed by atoms with Gasteiger partial charge in [0.05, 0.1) is 6.20 Å². The number of aromatic nitrogens is 2. The van der Waals surface area contributed by atoms with Crippen LogP contribution in [-0.4, -0.2) is 26.9 Å². The van der Waals surface area contributed by atoms with Crippen molar-refractivity contribution in [3.8, 4) is 0 Å². The van der Waals surface area contributed by atoms with Crippen LogP contribution in [0.15, 0.2) is 12.4 Å². The summed E-state index contributed by atoms with van der Waals surface area (Å²) < 4.78 is 1.63. The number of aliphatic carboxylic acids is 1. The van der Waals surface area contributed by atoms with Crippen LogP contribution in [0.4, 0.5) is 0 Å². The van der Waals surface area contributed by atoms with E-state index in [2.05, 4.69) is 10.4 Å². The lowest BCUT2D eigenvalue weighted by Crippen LogP contribution is -2.35. The van der Waals surface area contributed by atoms with Gasteiger partial charge in [-0.05, 0) is 12.8 Å². The van der Waals surface area contributed by atoms with Gasteiger partial charge in [0.1, 0.15) is 6.04 Å². The molecule has 1 aromatic heterocycles. The number of nitrogens with one attached hydrogen (secondary N) is 1. The largest absolute Gasteiger partial charge is 0.480 e. The maximum atomic E-state index is 11.2. The van der Waals surface area contributed by atoms with Crippen molar-refractivity contribution in [2.24, 2.45) is 7.05 Å². The Bertz CT molecular complexity index is 369. The molecule has 1 aromatic rings. The molecular weight excluding hydrogens is 206 g/mol. The first-order chi connectivity index (χ1) is 7.66. The van der Waals surface area contributed by atoms with Crippen LogP contribution < -0.4 is 5.32 Å². The Balaban J connectivity index is 2.07. The average Bonchev–Trinajstić information content (AvgIpc) is 2.84. The van der Waals surface area contributed by atoms with Gasteiger partial charge in [-0.2, -0.15) is 5.10 Å². The first-order valence-corrected chi connectivity index (χ1v) is 5.64. The topological polar surface area (TPSA) is 67.2 Å². The van der Waals surface area contributed by atoms with Gasteiger partial charge in [0.15, 0.2) is 0 Å². The van der Waals surface area contributed by atoms with E-state index in [1.807, 2.05) is 0 Å². The highest BCUT2D eigenvalue weighted by Gasteiger charge is 2.26. The van der Waals surface area contributed by atoms with Gasteiger partial charge in [-0.3, -0.25) is 14.8 Å². The van der Waals surface area contributed by atoms with Gasteiger partial charge in [0.2, 0.25) is 0 Å². The summed E-state index contributed by atoms with van der Waals surface area (Å²) in [5.74, 6) is -0.833. The lowest BCUT2D eigenvalue weighted by Gasteiger charge is -2.18. The van der Waals surface area contributed by atoms with Crippen LogP contribution in [0.3, 0.4) is 0 Å². The van der Waals surface area contributed by atoms with E-state index in [1.54, 1.807) is 24.1 Å². The van der Waals surface area contributed by atoms with Crippen molar-refractivity contribution in [1.82, 2.24) is 15.1 Å². The Morgan fingerprint density at radius 3 is 2.81 bits per heavy atom. The van der Waals surface area contributed by atoms with E-state index in [1.165, 1.54) is 12.8 Å². The second kappa shape index (κ2) is 4.65. The Morgan fingerprint density at radius 1 is 1.62 bits per heavy atom. The zero-order valence-electron chi connectivity index (χ0n) is 9.39. The fraction of sp³-hybridized carbons (Fsp3) is 0.636. The van der Waals surface area contributed by atoms with Gasteiger partial charge in [0, 0.05) is 24.8 Å². The summed E-state index contributed by atoms with van der Waals surface area (Å²) in [6.45, 7) is 0. The van der Waals surface area contributed by atoms with Gasteiger partial charge in [0.25, 0.3) is 0 Å². The fourth-order valence-electron chi connectivity index (χ4n) is 2.23. The monoisotopic (exact) mass is 223 g/mol. The van der Waals surface area contributed by atoms with Crippen molar-refractivity contribution in [2.75, 3.05) is 0 Å². The van der Waals surface area contributed by atoms with E-state index in [0.29, 0.717) is 6.04 Å². The summed E-state index contributed by atoms with van der Waals surface area (Å²) in [5, 5.41) is 16.4. The zero-order valence-corrected chi connectivity index (χ0v) is 9.39. The van der Waals surface area contributed by atoms with Crippen molar-refractivity contribution in [1.29, 1.82) is 0 Å². The van der Waals surface area contributed by atoms with E-state index < -0.39 is 12.0 Å². The summed E-state index contributed by atoms with van der Waals surface area (Å²) in [6.07, 6.45) is 7.89. The third kappa shape index (κ3) is 2.41. The van der Waals surface area contributed by atoms with Gasteiger partial charge in [-0.15, -0.1) is 0 Å². The summed E-state index contributed by atoms with van der Waals surface area (Å²) in [4.78, 5) is 11.2. The fourth-order valence-corrected chi connectivity index (χ4v) is 2.23. The van der Waals surface area contributed by atoms with Crippen molar-refractivity contribution in [3.63, 3.8) is 0 Å². The average molecular weight is 223 g/mol. The second-order valence-corrected chi connectivity index (χ2v) is 4.37. The number of carboxylic acids is 1. The lowest BCUT2D eigenvalue weighted by atomic mass is 10.1. The van der Waals surface area contributed by atoms with Gasteiger partial charge in [-0.1, -0.05) is 12.8 Å². The summed E-state index contributed by atoms with van der Waals surface area (Å²) in [6, 6.07) is -0.293. The van der Waals surface area contributed by atoms with Crippen LogP contribution in [0.5, 0.6) is 0 Å². The molecule has 2 N–H and O–H groups in total. The van der Waals surface area contributed by atoms with E-state index in [4.69, 9.17) is 0 Å². The highest BCUT2D eigenvalue weighted by atomic mass is 16.4. The first kappa shape index (κ1) is 11.1. The van der Waals surface area contributed by atoms with Gasteiger partial charge < -0.3 is 5.11 Å². The molecule has 0 aromatic carbocycles. The maximum Gasteiger partial charge on any atom is 0.325 e. The van der Waals surface area contributed by atoms with Crippen molar-refractivity contribution >= 4 is 5.97 Å². The van der Waals surface area contributed by atoms with E-state index in [0.717, 1.165) is 18.4 Å². The van der Waals surface area contributed by atoms with Crippen molar-refractivity contribution in [3.05, 3.63) is 18.0 Å². The highest BCUT2D eigenvalue weighted by molar-refractivity contribution is 5.75. The minimum absolute atomic E-state index is 0.335. The number of hydrogen-bond donors (Lipinski definition) is 2. The minimum Gasteiger partial charge on any atom is -0.480 e. The van der Waals surface area contributed by atoms with Gasteiger partial charge in [-0.25, -0.2) is 0 Å². The number of carbonyl (C=O) groups is 1. The predicted octanol–water partition coefficient (Wildman–Crippen LogP) is 1.08. The quantitative estimate of drug-likeness (QED) is 0.801. The zero-order chi connectivity index (χ0) is 11.5. The third-order valence-corrected chi connectivity index (χ3v) is 3.06. The summed E-state index contributed by atoms with van der Waals surface area (Å²) in [7, 11) is 1.79. The van der Waals surface area contributed by atoms with Crippen LogP contribution in [0.1, 0.15) is 37.3 Å². The molecule has 0 radical (unpaired) electrons. The molecule has 1 unspecified atom stereocenters. The molecule has 1 saturated carbocycles. The van der Waals surface area contributed by atoms with E-state index in [9.17, 15) is 9.90 Å². The maximum absolute atomic E-state index is 11.2. The smallest absolute Gasteiger partial charge is 0.325 e. The van der Waals surface area contributed by atoms with Crippen LogP contribution >= 0.6 is 0 Å². The number of hydrogen-bond acceptors (Lipinski definition) is 3. The van der Waals surface area contributed by atoms with Crippen molar-refractivity contribution < 1.29 is 9.90 Å². The molecule has 0 bridgehead atoms. The Labute approximate surface area is 94.5 Å². The molecule has 88 valence electrons. The number of aryl methyl sites for hydroxylation is 1. The molecule has 0 saturated heterocycles. The molecule has 1 aliphatic rings. The molecule has 0 spiro atoms. The molecule has 0 aliphatic heterocycles. The molecule has 5 nitrogen and oxygen atoms in total. The number of carboxylic acid groups (broad SMARTS) is 1. The minimum atomic E-state index is -0.833. The lowest BCUT2D eigenvalue weighted by molar-refractivity contribution is -0.139. The summed E-state index contributed by atoms with van der Waals surface area (Å²) in [5.41, 5.74) is 0.724. The van der Waals surface area contributed by atoms with Crippen molar-refractivity contribution in [2.45, 2.75) is 37.8 Å². The molecule has 2 rings (SSSR count). The standard InChI is InChI=1S/C11H17N3O2/c1-14-7-8(6-12-14)10(11(15)16)13-9-4-2-3-5-9/h6-7,9-10,13H,2-5H2,1H3,(H,15,16). The molecular formula is C11H17N3O2. The molecule has 5 heteroatoms. The molecule has 1 heterocycles. The Kier molecular flexibility index (Phi) is 3.24. The number of nitrogens with zero attached hydrogens (tertiary/aromatic N) is 2. The third-order valence-electron chi connectivity index (χ3n) is 3.06. The Morgan fingerprint density at radius 2 is 2.31 bits per heavy atom. The summed E-state index contributed by atoms with van der Waals surface area (Å²) >= 11 is 0. The SMILES string of the molecule is Cn1cc(C(NC2CCCC2)C(=O)O)cn1. The Hall–Kier alpha value is -1.36. The van der Waals surface area contributed by atoms with E-state index >= 15 is 0 Å². The molecule has 1 atom stereocenters.